The van der Waals surface area contributed by atoms with Gasteiger partial charge in [0.2, 0.25) is 0 Å². The molecule has 0 atom stereocenters. The molecule has 1 saturated heterocycles. The number of thiazole rings is 1. The van der Waals surface area contributed by atoms with Gasteiger partial charge in [-0.3, -0.25) is 9.59 Å². The van der Waals surface area contributed by atoms with Gasteiger partial charge in [0.1, 0.15) is 5.56 Å². The second-order valence-corrected chi connectivity index (χ2v) is 8.44. The van der Waals surface area contributed by atoms with Crippen LogP contribution in [0, 0.1) is 13.8 Å². The summed E-state index contributed by atoms with van der Waals surface area (Å²) in [4.78, 5) is 34.4. The topological polar surface area (TPSA) is 66.1 Å². The number of hydrogen-bond donors (Lipinski definition) is 1. The largest absolute Gasteiger partial charge is 0.338 e. The first-order valence-electron chi connectivity index (χ1n) is 9.47. The third-order valence-electron chi connectivity index (χ3n) is 5.63. The molecule has 6 heteroatoms. The van der Waals surface area contributed by atoms with Crippen LogP contribution in [0.4, 0.5) is 0 Å². The van der Waals surface area contributed by atoms with Crippen LogP contribution < -0.4 is 5.56 Å². The Morgan fingerprint density at radius 3 is 2.43 bits per heavy atom. The van der Waals surface area contributed by atoms with Crippen LogP contribution in [0.15, 0.2) is 52.6 Å². The molecule has 1 aromatic carbocycles. The Hall–Kier alpha value is -2.73. The van der Waals surface area contributed by atoms with Crippen molar-refractivity contribution in [2.45, 2.75) is 32.1 Å². The maximum absolute atomic E-state index is 12.9. The van der Waals surface area contributed by atoms with Crippen LogP contribution in [0.1, 0.15) is 45.2 Å². The van der Waals surface area contributed by atoms with Crippen LogP contribution in [0.3, 0.4) is 0 Å². The first-order chi connectivity index (χ1) is 13.5. The van der Waals surface area contributed by atoms with Crippen molar-refractivity contribution in [3.8, 4) is 0 Å². The fraction of sp³-hybridized carbons (Fsp3) is 0.318. The van der Waals surface area contributed by atoms with Gasteiger partial charge >= 0.3 is 0 Å². The molecule has 3 heterocycles. The lowest BCUT2D eigenvalue weighted by Crippen LogP contribution is -2.47. The van der Waals surface area contributed by atoms with Gasteiger partial charge in [-0.15, -0.1) is 11.3 Å². The first kappa shape index (κ1) is 18.6. The van der Waals surface area contributed by atoms with Crippen LogP contribution in [0.5, 0.6) is 0 Å². The number of carbonyl (C=O) groups excluding carboxylic acids is 1. The number of aromatic nitrogens is 2. The predicted octanol–water partition coefficient (Wildman–Crippen LogP) is 3.67. The lowest BCUT2D eigenvalue weighted by Gasteiger charge is -2.41. The maximum atomic E-state index is 12.9. The van der Waals surface area contributed by atoms with Gasteiger partial charge < -0.3 is 9.88 Å². The number of H-pyrrole nitrogens is 1. The van der Waals surface area contributed by atoms with Gasteiger partial charge in [-0.25, -0.2) is 4.98 Å². The summed E-state index contributed by atoms with van der Waals surface area (Å²) < 4.78 is 0. The number of piperidine rings is 1. The standard InChI is InChI=1S/C22H23N3O2S/c1-15-8-9-18(20(26)23-15)21(27)25-12-10-22(11-13-25,17-6-4-3-5-7-17)19-14-28-16(2)24-19/h3-9,14H,10-13H2,1-2H3,(H,23,26). The maximum Gasteiger partial charge on any atom is 0.260 e. The molecule has 0 radical (unpaired) electrons. The summed E-state index contributed by atoms with van der Waals surface area (Å²) in [6, 6.07) is 13.8. The Kier molecular flexibility index (Phi) is 4.89. The average Bonchev–Trinajstić information content (AvgIpc) is 3.15. The summed E-state index contributed by atoms with van der Waals surface area (Å²) in [5, 5.41) is 3.19. The third kappa shape index (κ3) is 3.29. The van der Waals surface area contributed by atoms with Crippen LogP contribution in [0.25, 0.3) is 0 Å². The number of aromatic amines is 1. The highest BCUT2D eigenvalue weighted by Gasteiger charge is 2.41. The number of likely N-dealkylation sites (tertiary alicyclic amines) is 1. The van der Waals surface area contributed by atoms with Gasteiger partial charge in [-0.2, -0.15) is 0 Å². The van der Waals surface area contributed by atoms with Crippen LogP contribution in [0.2, 0.25) is 0 Å². The minimum atomic E-state index is -0.319. The number of carbonyl (C=O) groups is 1. The Morgan fingerprint density at radius 1 is 1.11 bits per heavy atom. The minimum Gasteiger partial charge on any atom is -0.338 e. The molecule has 0 saturated carbocycles. The molecule has 5 nitrogen and oxygen atoms in total. The molecule has 144 valence electrons. The molecule has 2 aromatic heterocycles. The molecule has 28 heavy (non-hydrogen) atoms. The van der Waals surface area contributed by atoms with Crippen molar-refractivity contribution >= 4 is 17.2 Å². The lowest BCUT2D eigenvalue weighted by atomic mass is 9.70. The molecule has 1 amide bonds. The highest BCUT2D eigenvalue weighted by atomic mass is 32.1. The van der Waals surface area contributed by atoms with E-state index in [2.05, 4.69) is 34.6 Å². The normalized spacial score (nSPS) is 16.1. The molecule has 1 aliphatic rings. The van der Waals surface area contributed by atoms with E-state index in [0.717, 1.165) is 29.2 Å². The van der Waals surface area contributed by atoms with Crippen molar-refractivity contribution in [1.82, 2.24) is 14.9 Å². The number of nitrogens with zero attached hydrogens (tertiary/aromatic N) is 2. The summed E-state index contributed by atoms with van der Waals surface area (Å²) in [6.07, 6.45) is 1.57. The van der Waals surface area contributed by atoms with E-state index in [1.807, 2.05) is 13.0 Å². The summed E-state index contributed by atoms with van der Waals surface area (Å²) in [7, 11) is 0. The Balaban J connectivity index is 1.62. The molecule has 0 bridgehead atoms. The van der Waals surface area contributed by atoms with E-state index in [0.29, 0.717) is 13.1 Å². The van der Waals surface area contributed by atoms with Gasteiger partial charge in [-0.05, 0) is 44.4 Å². The quantitative estimate of drug-likeness (QED) is 0.738. The van der Waals surface area contributed by atoms with Gasteiger partial charge in [0.05, 0.1) is 10.7 Å². The van der Waals surface area contributed by atoms with Crippen molar-refractivity contribution in [3.63, 3.8) is 0 Å². The van der Waals surface area contributed by atoms with E-state index in [1.54, 1.807) is 35.3 Å². The van der Waals surface area contributed by atoms with Gasteiger partial charge in [-0.1, -0.05) is 30.3 Å². The second-order valence-electron chi connectivity index (χ2n) is 7.38. The number of hydrogen-bond acceptors (Lipinski definition) is 4. The lowest BCUT2D eigenvalue weighted by molar-refractivity contribution is 0.0682. The highest BCUT2D eigenvalue weighted by molar-refractivity contribution is 7.09. The third-order valence-corrected chi connectivity index (χ3v) is 6.40. The van der Waals surface area contributed by atoms with E-state index in [9.17, 15) is 9.59 Å². The summed E-state index contributed by atoms with van der Waals surface area (Å²) in [5.74, 6) is -0.197. The highest BCUT2D eigenvalue weighted by Crippen LogP contribution is 2.42. The second kappa shape index (κ2) is 7.36. The summed E-state index contributed by atoms with van der Waals surface area (Å²) in [6.45, 7) is 5.02. The van der Waals surface area contributed by atoms with E-state index in [4.69, 9.17) is 4.98 Å². The summed E-state index contributed by atoms with van der Waals surface area (Å²) in [5.41, 5.74) is 2.77. The van der Waals surface area contributed by atoms with Gasteiger partial charge in [0.15, 0.2) is 0 Å². The molecular weight excluding hydrogens is 370 g/mol. The number of amides is 1. The zero-order valence-electron chi connectivity index (χ0n) is 16.1. The number of pyridine rings is 1. The van der Waals surface area contributed by atoms with Crippen LogP contribution in [-0.2, 0) is 5.41 Å². The molecule has 1 fully saturated rings. The van der Waals surface area contributed by atoms with Gasteiger partial charge in [0.25, 0.3) is 11.5 Å². The predicted molar refractivity (Wildman–Crippen MR) is 111 cm³/mol. The summed E-state index contributed by atoms with van der Waals surface area (Å²) >= 11 is 1.66. The van der Waals surface area contributed by atoms with E-state index in [1.165, 1.54) is 5.56 Å². The average molecular weight is 394 g/mol. The van der Waals surface area contributed by atoms with Crippen molar-refractivity contribution in [3.05, 3.63) is 85.7 Å². The zero-order chi connectivity index (χ0) is 19.7. The smallest absolute Gasteiger partial charge is 0.260 e. The molecule has 0 unspecified atom stereocenters. The van der Waals surface area contributed by atoms with E-state index < -0.39 is 0 Å². The fourth-order valence-corrected chi connectivity index (χ4v) is 4.75. The Labute approximate surface area is 168 Å². The Bertz CT molecular complexity index is 1050. The molecule has 4 rings (SSSR count). The van der Waals surface area contributed by atoms with Crippen molar-refractivity contribution in [2.75, 3.05) is 13.1 Å². The number of rotatable bonds is 3. The van der Waals surface area contributed by atoms with Gasteiger partial charge in [0, 0.05) is 29.6 Å². The van der Waals surface area contributed by atoms with Crippen LogP contribution >= 0.6 is 11.3 Å². The molecular formula is C22H23N3O2S. The monoisotopic (exact) mass is 393 g/mol. The number of aryl methyl sites for hydroxylation is 2. The molecule has 3 aromatic rings. The number of nitrogens with one attached hydrogen (secondary N) is 1. The van der Waals surface area contributed by atoms with Crippen molar-refractivity contribution in [1.29, 1.82) is 0 Å². The minimum absolute atomic E-state index is 0.192. The first-order valence-corrected chi connectivity index (χ1v) is 10.3. The fourth-order valence-electron chi connectivity index (χ4n) is 4.04. The molecule has 1 aliphatic heterocycles. The zero-order valence-corrected chi connectivity index (χ0v) is 16.9. The van der Waals surface area contributed by atoms with E-state index >= 15 is 0 Å². The number of benzene rings is 1. The molecule has 0 spiro atoms. The van der Waals surface area contributed by atoms with Crippen molar-refractivity contribution < 1.29 is 4.79 Å². The molecule has 0 aliphatic carbocycles. The van der Waals surface area contributed by atoms with E-state index in [-0.39, 0.29) is 22.4 Å². The van der Waals surface area contributed by atoms with Crippen LogP contribution in [-0.4, -0.2) is 33.9 Å². The SMILES string of the molecule is Cc1ccc(C(=O)N2CCC(c3ccccc3)(c3csc(C)n3)CC2)c(=O)[nH]1. The Morgan fingerprint density at radius 2 is 1.82 bits per heavy atom. The van der Waals surface area contributed by atoms with Crippen molar-refractivity contribution in [2.24, 2.45) is 0 Å². The molecule has 1 N–H and O–H groups in total.